The quantitative estimate of drug-likeness (QED) is 0.703. The van der Waals surface area contributed by atoms with E-state index in [0.717, 1.165) is 17.3 Å². The molecule has 1 aromatic carbocycles. The molecule has 0 aliphatic heterocycles. The van der Waals surface area contributed by atoms with Crippen LogP contribution in [0.25, 0.3) is 5.57 Å². The van der Waals surface area contributed by atoms with Crippen LogP contribution in [-0.2, 0) is 0 Å². The van der Waals surface area contributed by atoms with Crippen LogP contribution in [0.15, 0.2) is 30.3 Å². The van der Waals surface area contributed by atoms with Gasteiger partial charge in [0.15, 0.2) is 0 Å². The molecule has 0 amide bonds. The van der Waals surface area contributed by atoms with Gasteiger partial charge >= 0.3 is 0 Å². The van der Waals surface area contributed by atoms with Crippen molar-refractivity contribution in [2.75, 3.05) is 5.33 Å². The zero-order chi connectivity index (χ0) is 9.68. The molecule has 1 aromatic rings. The van der Waals surface area contributed by atoms with Crippen LogP contribution in [0.4, 0.5) is 4.39 Å². The van der Waals surface area contributed by atoms with E-state index in [0.29, 0.717) is 0 Å². The Hall–Kier alpha value is -0.630. The molecule has 0 unspecified atom stereocenters. The Kier molecular flexibility index (Phi) is 4.16. The fourth-order valence-electron chi connectivity index (χ4n) is 1.10. The topological polar surface area (TPSA) is 0 Å². The Balaban J connectivity index is 2.77. The lowest BCUT2D eigenvalue weighted by molar-refractivity contribution is 0.627. The number of alkyl halides is 1. The molecule has 2 heteroatoms. The second-order valence-corrected chi connectivity index (χ2v) is 3.66. The highest BCUT2D eigenvalue weighted by atomic mass is 79.9. The van der Waals surface area contributed by atoms with Crippen molar-refractivity contribution in [3.05, 3.63) is 41.7 Å². The van der Waals surface area contributed by atoms with E-state index in [2.05, 4.69) is 22.0 Å². The summed E-state index contributed by atoms with van der Waals surface area (Å²) in [4.78, 5) is 0. The van der Waals surface area contributed by atoms with E-state index in [1.165, 1.54) is 17.7 Å². The molecular weight excluding hydrogens is 231 g/mol. The molecule has 0 spiro atoms. The highest BCUT2D eigenvalue weighted by Crippen LogP contribution is 2.14. The minimum Gasteiger partial charge on any atom is -0.207 e. The van der Waals surface area contributed by atoms with Crippen LogP contribution in [0.5, 0.6) is 0 Å². The van der Waals surface area contributed by atoms with Gasteiger partial charge in [-0.15, -0.1) is 0 Å². The summed E-state index contributed by atoms with van der Waals surface area (Å²) in [5.41, 5.74) is 2.28. The first kappa shape index (κ1) is 10.5. The lowest BCUT2D eigenvalue weighted by Gasteiger charge is -2.00. The number of allylic oxidation sites excluding steroid dienone is 2. The maximum Gasteiger partial charge on any atom is 0.123 e. The third-order valence-electron chi connectivity index (χ3n) is 1.86. The molecular formula is C11H12BrF. The maximum atomic E-state index is 12.6. The average Bonchev–Trinajstić information content (AvgIpc) is 2.15. The van der Waals surface area contributed by atoms with E-state index in [4.69, 9.17) is 0 Å². The fraction of sp³-hybridized carbons (Fsp3) is 0.273. The van der Waals surface area contributed by atoms with E-state index in [1.807, 2.05) is 6.92 Å². The molecule has 0 aromatic heterocycles. The van der Waals surface area contributed by atoms with Crippen LogP contribution in [0, 0.1) is 5.82 Å². The van der Waals surface area contributed by atoms with Crippen molar-refractivity contribution in [2.45, 2.75) is 13.3 Å². The standard InChI is InChI=1S/C11H12BrF/c1-9(3-2-8-12)10-4-6-11(13)7-5-10/h3-7H,2,8H2,1H3. The highest BCUT2D eigenvalue weighted by molar-refractivity contribution is 9.09. The third kappa shape index (κ3) is 3.31. The normalized spacial score (nSPS) is 11.8. The summed E-state index contributed by atoms with van der Waals surface area (Å²) in [6, 6.07) is 6.58. The van der Waals surface area contributed by atoms with Crippen LogP contribution >= 0.6 is 15.9 Å². The van der Waals surface area contributed by atoms with Gasteiger partial charge in [-0.3, -0.25) is 0 Å². The first-order valence-corrected chi connectivity index (χ1v) is 5.35. The van der Waals surface area contributed by atoms with E-state index < -0.39 is 0 Å². The summed E-state index contributed by atoms with van der Waals surface area (Å²) < 4.78 is 12.6. The summed E-state index contributed by atoms with van der Waals surface area (Å²) in [6.07, 6.45) is 3.14. The first-order valence-electron chi connectivity index (χ1n) is 4.22. The lowest BCUT2D eigenvalue weighted by Crippen LogP contribution is -1.81. The molecule has 13 heavy (non-hydrogen) atoms. The van der Waals surface area contributed by atoms with Crippen LogP contribution in [-0.4, -0.2) is 5.33 Å². The largest absolute Gasteiger partial charge is 0.207 e. The smallest absolute Gasteiger partial charge is 0.123 e. The monoisotopic (exact) mass is 242 g/mol. The van der Waals surface area contributed by atoms with Crippen molar-refractivity contribution in [1.29, 1.82) is 0 Å². The second-order valence-electron chi connectivity index (χ2n) is 2.87. The van der Waals surface area contributed by atoms with Crippen molar-refractivity contribution in [1.82, 2.24) is 0 Å². The lowest BCUT2D eigenvalue weighted by atomic mass is 10.1. The number of hydrogen-bond donors (Lipinski definition) is 0. The van der Waals surface area contributed by atoms with Gasteiger partial charge in [0.2, 0.25) is 0 Å². The van der Waals surface area contributed by atoms with Gasteiger partial charge in [-0.05, 0) is 36.6 Å². The minimum atomic E-state index is -0.183. The molecule has 70 valence electrons. The zero-order valence-electron chi connectivity index (χ0n) is 7.56. The summed E-state index contributed by atoms with van der Waals surface area (Å²) >= 11 is 3.36. The molecule has 0 fully saturated rings. The molecule has 0 saturated carbocycles. The van der Waals surface area contributed by atoms with Crippen LogP contribution in [0.3, 0.4) is 0 Å². The summed E-state index contributed by atoms with van der Waals surface area (Å²) in [7, 11) is 0. The molecule has 0 nitrogen and oxygen atoms in total. The first-order chi connectivity index (χ1) is 6.24. The number of benzene rings is 1. The van der Waals surface area contributed by atoms with E-state index in [1.54, 1.807) is 12.1 Å². The van der Waals surface area contributed by atoms with Crippen molar-refractivity contribution in [3.8, 4) is 0 Å². The molecule has 0 bridgehead atoms. The minimum absolute atomic E-state index is 0.183. The molecule has 0 atom stereocenters. The fourth-order valence-corrected chi connectivity index (χ4v) is 1.33. The van der Waals surface area contributed by atoms with Crippen molar-refractivity contribution < 1.29 is 4.39 Å². The number of halogens is 2. The van der Waals surface area contributed by atoms with Crippen LogP contribution < -0.4 is 0 Å². The van der Waals surface area contributed by atoms with E-state index in [-0.39, 0.29) is 5.82 Å². The predicted molar refractivity (Wildman–Crippen MR) is 58.5 cm³/mol. The third-order valence-corrected chi connectivity index (χ3v) is 2.32. The van der Waals surface area contributed by atoms with Gasteiger partial charge in [0, 0.05) is 5.33 Å². The molecule has 0 heterocycles. The van der Waals surface area contributed by atoms with Gasteiger partial charge in [-0.1, -0.05) is 34.1 Å². The zero-order valence-corrected chi connectivity index (χ0v) is 9.14. The van der Waals surface area contributed by atoms with Crippen molar-refractivity contribution in [2.24, 2.45) is 0 Å². The maximum absolute atomic E-state index is 12.6. The summed E-state index contributed by atoms with van der Waals surface area (Å²) in [5.74, 6) is -0.183. The molecule has 1 rings (SSSR count). The molecule has 0 radical (unpaired) electrons. The summed E-state index contributed by atoms with van der Waals surface area (Å²) in [6.45, 7) is 2.04. The molecule has 0 aliphatic rings. The molecule has 0 saturated heterocycles. The van der Waals surface area contributed by atoms with Crippen molar-refractivity contribution >= 4 is 21.5 Å². The van der Waals surface area contributed by atoms with Crippen molar-refractivity contribution in [3.63, 3.8) is 0 Å². The van der Waals surface area contributed by atoms with Gasteiger partial charge in [0.05, 0.1) is 0 Å². The Labute approximate surface area is 86.6 Å². The second kappa shape index (κ2) is 5.18. The SMILES string of the molecule is CC(=CCCBr)c1ccc(F)cc1. The summed E-state index contributed by atoms with van der Waals surface area (Å²) in [5, 5.41) is 0.964. The average molecular weight is 243 g/mol. The van der Waals surface area contributed by atoms with Crippen LogP contribution in [0.1, 0.15) is 18.9 Å². The molecule has 0 aliphatic carbocycles. The van der Waals surface area contributed by atoms with Gasteiger partial charge in [-0.2, -0.15) is 0 Å². The van der Waals surface area contributed by atoms with E-state index >= 15 is 0 Å². The number of hydrogen-bond acceptors (Lipinski definition) is 0. The van der Waals surface area contributed by atoms with E-state index in [9.17, 15) is 4.39 Å². The Morgan fingerprint density at radius 3 is 2.54 bits per heavy atom. The van der Waals surface area contributed by atoms with Gasteiger partial charge in [0.25, 0.3) is 0 Å². The van der Waals surface area contributed by atoms with Gasteiger partial charge in [0.1, 0.15) is 5.82 Å². The highest BCUT2D eigenvalue weighted by Gasteiger charge is 1.94. The van der Waals surface area contributed by atoms with Crippen LogP contribution in [0.2, 0.25) is 0 Å². The Morgan fingerprint density at radius 2 is 2.00 bits per heavy atom. The van der Waals surface area contributed by atoms with Gasteiger partial charge in [-0.25, -0.2) is 4.39 Å². The number of rotatable bonds is 3. The van der Waals surface area contributed by atoms with Gasteiger partial charge < -0.3 is 0 Å². The predicted octanol–water partition coefficient (Wildman–Crippen LogP) is 4.01. The molecule has 0 N–H and O–H groups in total. The Bertz CT molecular complexity index is 287. The Morgan fingerprint density at radius 1 is 1.38 bits per heavy atom.